The zero-order valence-corrected chi connectivity index (χ0v) is 29.7. The summed E-state index contributed by atoms with van der Waals surface area (Å²) >= 11 is 0. The van der Waals surface area contributed by atoms with Gasteiger partial charge in [0.1, 0.15) is 0 Å². The Hall–Kier alpha value is -6.64. The minimum Gasteiger partial charge on any atom is -0.309 e. The van der Waals surface area contributed by atoms with Crippen LogP contribution in [0.25, 0.3) is 88.4 Å². The summed E-state index contributed by atoms with van der Waals surface area (Å²) in [5, 5.41) is 5.04. The number of hydrogen-bond donors (Lipinski definition) is 0. The molecule has 53 heavy (non-hydrogen) atoms. The molecule has 0 N–H and O–H groups in total. The van der Waals surface area contributed by atoms with Crippen LogP contribution in [0.5, 0.6) is 0 Å². The van der Waals surface area contributed by atoms with Crippen LogP contribution in [0.3, 0.4) is 0 Å². The van der Waals surface area contributed by atoms with Crippen LogP contribution < -0.4 is 0 Å². The molecule has 0 aliphatic heterocycles. The predicted octanol–water partition coefficient (Wildman–Crippen LogP) is 13.5. The molecule has 0 bridgehead atoms. The van der Waals surface area contributed by atoms with Gasteiger partial charge in [0.05, 0.1) is 27.8 Å². The van der Waals surface area contributed by atoms with Crippen molar-refractivity contribution < 1.29 is 0 Å². The first-order valence-electron chi connectivity index (χ1n) is 18.5. The first-order chi connectivity index (χ1) is 26.1. The zero-order valence-electron chi connectivity index (χ0n) is 29.7. The van der Waals surface area contributed by atoms with Crippen LogP contribution in [-0.4, -0.2) is 9.13 Å². The second kappa shape index (κ2) is 11.2. The third-order valence-electron chi connectivity index (χ3n) is 11.7. The van der Waals surface area contributed by atoms with Crippen LogP contribution in [-0.2, 0) is 5.41 Å². The van der Waals surface area contributed by atoms with Crippen LogP contribution >= 0.6 is 0 Å². The molecule has 0 unspecified atom stereocenters. The smallest absolute Gasteiger partial charge is 0.0541 e. The molecule has 2 nitrogen and oxygen atoms in total. The molecule has 2 heteroatoms. The van der Waals surface area contributed by atoms with E-state index >= 15 is 0 Å². The quantitative estimate of drug-likeness (QED) is 0.176. The fourth-order valence-corrected chi connectivity index (χ4v) is 9.20. The maximum absolute atomic E-state index is 2.45. The van der Waals surface area contributed by atoms with Crippen molar-refractivity contribution in [3.8, 4) is 44.8 Å². The largest absolute Gasteiger partial charge is 0.309 e. The molecule has 11 rings (SSSR count). The number of fused-ring (bicyclic) bond motifs is 9. The van der Waals surface area contributed by atoms with Gasteiger partial charge < -0.3 is 9.13 Å². The molecule has 0 amide bonds. The minimum atomic E-state index is -0.0563. The molecule has 8 aromatic carbocycles. The Bertz CT molecular complexity index is 3080. The van der Waals surface area contributed by atoms with Crippen molar-refractivity contribution in [1.82, 2.24) is 9.13 Å². The summed E-state index contributed by atoms with van der Waals surface area (Å²) in [5.41, 5.74) is 17.5. The number of hydrogen-bond acceptors (Lipinski definition) is 0. The second-order valence-corrected chi connectivity index (χ2v) is 15.0. The summed E-state index contributed by atoms with van der Waals surface area (Å²) in [4.78, 5) is 0. The number of nitrogens with zero attached hydrogens (tertiary/aromatic N) is 2. The van der Waals surface area contributed by atoms with E-state index < -0.39 is 0 Å². The fourth-order valence-electron chi connectivity index (χ4n) is 9.20. The first kappa shape index (κ1) is 30.0. The Morgan fingerprint density at radius 3 is 1.58 bits per heavy atom. The van der Waals surface area contributed by atoms with E-state index in [1.54, 1.807) is 0 Å². The number of benzene rings is 8. The lowest BCUT2D eigenvalue weighted by Crippen LogP contribution is -2.15. The van der Waals surface area contributed by atoms with Crippen LogP contribution in [0, 0.1) is 0 Å². The molecule has 0 saturated carbocycles. The molecular formula is C51H36N2. The minimum absolute atomic E-state index is 0.0563. The standard InChI is InChI=1S/C51H36N2/c1-51(2)44-20-10-6-17-38(44)39-27-26-36(32-45(39)51)52-47-22-12-8-18-40(47)42-30-34(24-28-49(42)52)35-25-29-50-43(31-35)41-19-9-13-23-48(41)53(50)46-21-11-7-16-37(46)33-14-4-3-5-15-33/h3-32H,1-2H3. The molecule has 250 valence electrons. The number of rotatable bonds is 4. The highest BCUT2D eigenvalue weighted by molar-refractivity contribution is 6.13. The van der Waals surface area contributed by atoms with Gasteiger partial charge in [0.25, 0.3) is 0 Å². The van der Waals surface area contributed by atoms with E-state index in [4.69, 9.17) is 0 Å². The molecule has 0 saturated heterocycles. The second-order valence-electron chi connectivity index (χ2n) is 15.0. The van der Waals surface area contributed by atoms with Crippen molar-refractivity contribution in [2.24, 2.45) is 0 Å². The molecule has 2 heterocycles. The summed E-state index contributed by atoms with van der Waals surface area (Å²) in [6.45, 7) is 4.71. The van der Waals surface area contributed by atoms with Crippen LogP contribution in [0.15, 0.2) is 182 Å². The lowest BCUT2D eigenvalue weighted by Gasteiger charge is -2.22. The van der Waals surface area contributed by atoms with E-state index in [0.29, 0.717) is 0 Å². The molecule has 0 atom stereocenters. The topological polar surface area (TPSA) is 9.86 Å². The molecule has 10 aromatic rings. The summed E-state index contributed by atoms with van der Waals surface area (Å²) in [6, 6.07) is 67.1. The Morgan fingerprint density at radius 1 is 0.340 bits per heavy atom. The average Bonchev–Trinajstić information content (AvgIpc) is 3.80. The van der Waals surface area contributed by atoms with E-state index in [2.05, 4.69) is 205 Å². The number of para-hydroxylation sites is 3. The van der Waals surface area contributed by atoms with E-state index in [9.17, 15) is 0 Å². The highest BCUT2D eigenvalue weighted by Crippen LogP contribution is 2.49. The van der Waals surface area contributed by atoms with Gasteiger partial charge in [0.15, 0.2) is 0 Å². The Morgan fingerprint density at radius 2 is 0.868 bits per heavy atom. The molecule has 1 aliphatic rings. The third-order valence-corrected chi connectivity index (χ3v) is 11.7. The van der Waals surface area contributed by atoms with Gasteiger partial charge in [-0.3, -0.25) is 0 Å². The highest BCUT2D eigenvalue weighted by Gasteiger charge is 2.35. The molecule has 2 aromatic heterocycles. The molecule has 0 radical (unpaired) electrons. The van der Waals surface area contributed by atoms with Crippen molar-refractivity contribution in [3.63, 3.8) is 0 Å². The Labute approximate surface area is 308 Å². The normalized spacial score (nSPS) is 13.2. The maximum atomic E-state index is 2.45. The van der Waals surface area contributed by atoms with Gasteiger partial charge in [-0.15, -0.1) is 0 Å². The lowest BCUT2D eigenvalue weighted by molar-refractivity contribution is 0.660. The van der Waals surface area contributed by atoms with Crippen molar-refractivity contribution in [3.05, 3.63) is 193 Å². The Balaban J connectivity index is 1.08. The van der Waals surface area contributed by atoms with Gasteiger partial charge in [-0.1, -0.05) is 141 Å². The summed E-state index contributed by atoms with van der Waals surface area (Å²) in [7, 11) is 0. The zero-order chi connectivity index (χ0) is 35.3. The summed E-state index contributed by atoms with van der Waals surface area (Å²) in [6.07, 6.45) is 0. The van der Waals surface area contributed by atoms with Gasteiger partial charge in [-0.2, -0.15) is 0 Å². The van der Waals surface area contributed by atoms with E-state index in [0.717, 1.165) is 0 Å². The Kier molecular flexibility index (Phi) is 6.33. The van der Waals surface area contributed by atoms with Gasteiger partial charge in [-0.05, 0) is 93.5 Å². The molecule has 1 aliphatic carbocycles. The van der Waals surface area contributed by atoms with Crippen molar-refractivity contribution in [2.45, 2.75) is 19.3 Å². The fraction of sp³-hybridized carbons (Fsp3) is 0.0588. The molecule has 0 fully saturated rings. The highest BCUT2D eigenvalue weighted by atomic mass is 15.0. The van der Waals surface area contributed by atoms with Crippen molar-refractivity contribution in [1.29, 1.82) is 0 Å². The van der Waals surface area contributed by atoms with E-state index in [1.165, 1.54) is 99.5 Å². The predicted molar refractivity (Wildman–Crippen MR) is 224 cm³/mol. The van der Waals surface area contributed by atoms with Gasteiger partial charge in [0, 0.05) is 38.2 Å². The third kappa shape index (κ3) is 4.33. The first-order valence-corrected chi connectivity index (χ1v) is 18.5. The number of aromatic nitrogens is 2. The van der Waals surface area contributed by atoms with Crippen molar-refractivity contribution in [2.75, 3.05) is 0 Å². The van der Waals surface area contributed by atoms with Crippen LogP contribution in [0.4, 0.5) is 0 Å². The monoisotopic (exact) mass is 676 g/mol. The van der Waals surface area contributed by atoms with E-state index in [1.807, 2.05) is 0 Å². The summed E-state index contributed by atoms with van der Waals surface area (Å²) < 4.78 is 4.89. The SMILES string of the molecule is CC1(C)c2ccccc2-c2ccc(-n3c4ccccc4c4cc(-c5ccc6c(c5)c5ccccc5n6-c5ccccc5-c5ccccc5)ccc43)cc21. The van der Waals surface area contributed by atoms with Gasteiger partial charge >= 0.3 is 0 Å². The molecular weight excluding hydrogens is 641 g/mol. The van der Waals surface area contributed by atoms with Crippen LogP contribution in [0.1, 0.15) is 25.0 Å². The van der Waals surface area contributed by atoms with Crippen molar-refractivity contribution >= 4 is 43.6 Å². The summed E-state index contributed by atoms with van der Waals surface area (Å²) in [5.74, 6) is 0. The van der Waals surface area contributed by atoms with Gasteiger partial charge in [0.2, 0.25) is 0 Å². The molecule has 0 spiro atoms. The average molecular weight is 677 g/mol. The van der Waals surface area contributed by atoms with Crippen LogP contribution in [0.2, 0.25) is 0 Å². The lowest BCUT2D eigenvalue weighted by atomic mass is 9.82. The maximum Gasteiger partial charge on any atom is 0.0541 e. The van der Waals surface area contributed by atoms with E-state index in [-0.39, 0.29) is 5.41 Å². The van der Waals surface area contributed by atoms with Gasteiger partial charge in [-0.25, -0.2) is 0 Å².